The third-order valence-electron chi connectivity index (χ3n) is 3.68. The molecule has 1 unspecified atom stereocenters. The van der Waals surface area contributed by atoms with Gasteiger partial charge in [0, 0.05) is 20.3 Å². The second-order valence-electron chi connectivity index (χ2n) is 4.89. The highest BCUT2D eigenvalue weighted by molar-refractivity contribution is 5.75. The lowest BCUT2D eigenvalue weighted by Gasteiger charge is -2.32. The van der Waals surface area contributed by atoms with Crippen molar-refractivity contribution in [3.8, 4) is 0 Å². The van der Waals surface area contributed by atoms with Gasteiger partial charge in [-0.3, -0.25) is 4.79 Å². The van der Waals surface area contributed by atoms with Crippen LogP contribution in [0, 0.1) is 5.92 Å². The zero-order chi connectivity index (χ0) is 13.4. The predicted molar refractivity (Wildman–Crippen MR) is 70.5 cm³/mol. The summed E-state index contributed by atoms with van der Waals surface area (Å²) >= 11 is 0. The van der Waals surface area contributed by atoms with Gasteiger partial charge in [0.15, 0.2) is 0 Å². The average Bonchev–Trinajstić information content (AvgIpc) is 2.41. The normalized spacial score (nSPS) is 19.7. The molecule has 5 nitrogen and oxygen atoms in total. The summed E-state index contributed by atoms with van der Waals surface area (Å²) < 4.78 is 9.94. The van der Waals surface area contributed by atoms with Gasteiger partial charge < -0.3 is 19.7 Å². The number of likely N-dealkylation sites (N-methyl/N-ethyl adjacent to an activating group) is 1. The summed E-state index contributed by atoms with van der Waals surface area (Å²) in [4.78, 5) is 13.8. The fourth-order valence-electron chi connectivity index (χ4n) is 2.45. The SMILES string of the molecule is CNC(CCN1CCC(COC)CC1)C(=O)OC. The number of carbonyl (C=O) groups is 1. The molecule has 1 aliphatic heterocycles. The molecular formula is C13H26N2O3. The summed E-state index contributed by atoms with van der Waals surface area (Å²) in [5, 5.41) is 3.00. The van der Waals surface area contributed by atoms with Crippen LogP contribution < -0.4 is 5.32 Å². The number of piperidine rings is 1. The van der Waals surface area contributed by atoms with Gasteiger partial charge in [-0.15, -0.1) is 0 Å². The molecule has 18 heavy (non-hydrogen) atoms. The Bertz CT molecular complexity index is 240. The number of likely N-dealkylation sites (tertiary alicyclic amines) is 1. The second kappa shape index (κ2) is 8.45. The number of nitrogens with one attached hydrogen (secondary N) is 1. The third-order valence-corrected chi connectivity index (χ3v) is 3.68. The Morgan fingerprint density at radius 2 is 2.06 bits per heavy atom. The first-order valence-corrected chi connectivity index (χ1v) is 6.67. The van der Waals surface area contributed by atoms with E-state index < -0.39 is 0 Å². The van der Waals surface area contributed by atoms with Gasteiger partial charge >= 0.3 is 5.97 Å². The van der Waals surface area contributed by atoms with E-state index in [0.29, 0.717) is 5.92 Å². The van der Waals surface area contributed by atoms with Gasteiger partial charge in [-0.1, -0.05) is 0 Å². The van der Waals surface area contributed by atoms with Crippen LogP contribution in [0.5, 0.6) is 0 Å². The van der Waals surface area contributed by atoms with Gasteiger partial charge in [-0.25, -0.2) is 0 Å². The molecule has 106 valence electrons. The summed E-state index contributed by atoms with van der Waals surface area (Å²) in [5.41, 5.74) is 0. The molecule has 1 aliphatic rings. The van der Waals surface area contributed by atoms with Crippen LogP contribution in [0.2, 0.25) is 0 Å². The van der Waals surface area contributed by atoms with Crippen LogP contribution >= 0.6 is 0 Å². The number of carbonyl (C=O) groups excluding carboxylic acids is 1. The minimum absolute atomic E-state index is 0.174. The topological polar surface area (TPSA) is 50.8 Å². The van der Waals surface area contributed by atoms with Crippen molar-refractivity contribution >= 4 is 5.97 Å². The van der Waals surface area contributed by atoms with Gasteiger partial charge in [0.25, 0.3) is 0 Å². The summed E-state index contributed by atoms with van der Waals surface area (Å²) in [5.74, 6) is 0.527. The van der Waals surface area contributed by atoms with Crippen molar-refractivity contribution in [2.45, 2.75) is 25.3 Å². The Labute approximate surface area is 110 Å². The first-order chi connectivity index (χ1) is 8.71. The molecule has 1 heterocycles. The highest BCUT2D eigenvalue weighted by Gasteiger charge is 2.22. The standard InChI is InChI=1S/C13H26N2O3/c1-14-12(13(16)18-3)6-9-15-7-4-11(5-8-15)10-17-2/h11-12,14H,4-10H2,1-3H3. The Morgan fingerprint density at radius 3 is 2.56 bits per heavy atom. The molecule has 1 N–H and O–H groups in total. The molecule has 0 spiro atoms. The van der Waals surface area contributed by atoms with E-state index in [4.69, 9.17) is 9.47 Å². The van der Waals surface area contributed by atoms with Crippen molar-refractivity contribution in [1.82, 2.24) is 10.2 Å². The third kappa shape index (κ3) is 4.92. The highest BCUT2D eigenvalue weighted by atomic mass is 16.5. The zero-order valence-corrected chi connectivity index (χ0v) is 11.8. The molecule has 0 aromatic carbocycles. The molecule has 0 amide bonds. The smallest absolute Gasteiger partial charge is 0.322 e. The maximum Gasteiger partial charge on any atom is 0.322 e. The molecular weight excluding hydrogens is 232 g/mol. The van der Waals surface area contributed by atoms with Crippen LogP contribution in [-0.2, 0) is 14.3 Å². The summed E-state index contributed by atoms with van der Waals surface area (Å²) in [6.07, 6.45) is 3.19. The van der Waals surface area contributed by atoms with Crippen molar-refractivity contribution in [2.24, 2.45) is 5.92 Å². The average molecular weight is 258 g/mol. The van der Waals surface area contributed by atoms with Crippen LogP contribution in [0.25, 0.3) is 0 Å². The number of rotatable bonds is 7. The fraction of sp³-hybridized carbons (Fsp3) is 0.923. The van der Waals surface area contributed by atoms with E-state index in [1.807, 2.05) is 0 Å². The molecule has 0 radical (unpaired) electrons. The molecule has 1 rings (SSSR count). The molecule has 1 saturated heterocycles. The van der Waals surface area contributed by atoms with Gasteiger partial charge in [0.2, 0.25) is 0 Å². The zero-order valence-electron chi connectivity index (χ0n) is 11.8. The Kier molecular flexibility index (Phi) is 7.23. The molecule has 0 aromatic rings. The molecule has 0 saturated carbocycles. The Hall–Kier alpha value is -0.650. The van der Waals surface area contributed by atoms with Crippen molar-refractivity contribution in [3.05, 3.63) is 0 Å². The monoisotopic (exact) mass is 258 g/mol. The number of esters is 1. The molecule has 0 bridgehead atoms. The number of hydrogen-bond acceptors (Lipinski definition) is 5. The minimum Gasteiger partial charge on any atom is -0.468 e. The van der Waals surface area contributed by atoms with E-state index in [0.717, 1.165) is 32.7 Å². The van der Waals surface area contributed by atoms with Crippen LogP contribution in [0.4, 0.5) is 0 Å². The minimum atomic E-state index is -0.188. The largest absolute Gasteiger partial charge is 0.468 e. The fourth-order valence-corrected chi connectivity index (χ4v) is 2.45. The lowest BCUT2D eigenvalue weighted by atomic mass is 9.97. The number of nitrogens with zero attached hydrogens (tertiary/aromatic N) is 1. The van der Waals surface area contributed by atoms with Crippen molar-refractivity contribution < 1.29 is 14.3 Å². The van der Waals surface area contributed by atoms with E-state index in [1.54, 1.807) is 14.2 Å². The Morgan fingerprint density at radius 1 is 1.39 bits per heavy atom. The number of hydrogen-bond donors (Lipinski definition) is 1. The maximum absolute atomic E-state index is 11.4. The van der Waals surface area contributed by atoms with E-state index in [2.05, 4.69) is 10.2 Å². The predicted octanol–water partition coefficient (Wildman–Crippen LogP) is 0.496. The van der Waals surface area contributed by atoms with Crippen LogP contribution in [0.1, 0.15) is 19.3 Å². The maximum atomic E-state index is 11.4. The summed E-state index contributed by atoms with van der Waals surface area (Å²) in [6.45, 7) is 4.02. The quantitative estimate of drug-likeness (QED) is 0.674. The molecule has 1 fully saturated rings. The van der Waals surface area contributed by atoms with Gasteiger partial charge in [0.05, 0.1) is 7.11 Å². The first kappa shape index (κ1) is 15.4. The van der Waals surface area contributed by atoms with Crippen molar-refractivity contribution in [3.63, 3.8) is 0 Å². The van der Waals surface area contributed by atoms with E-state index in [9.17, 15) is 4.79 Å². The lowest BCUT2D eigenvalue weighted by Crippen LogP contribution is -2.41. The number of methoxy groups -OCH3 is 2. The molecule has 0 aromatic heterocycles. The van der Waals surface area contributed by atoms with Crippen LogP contribution in [0.15, 0.2) is 0 Å². The van der Waals surface area contributed by atoms with Crippen molar-refractivity contribution in [2.75, 3.05) is 47.5 Å². The van der Waals surface area contributed by atoms with Gasteiger partial charge in [0.1, 0.15) is 6.04 Å². The Balaban J connectivity index is 2.22. The highest BCUT2D eigenvalue weighted by Crippen LogP contribution is 2.17. The van der Waals surface area contributed by atoms with Crippen LogP contribution in [-0.4, -0.2) is 64.4 Å². The number of ether oxygens (including phenoxy) is 2. The van der Waals surface area contributed by atoms with E-state index in [-0.39, 0.29) is 12.0 Å². The summed E-state index contributed by atoms with van der Waals surface area (Å²) in [7, 11) is 5.00. The second-order valence-corrected chi connectivity index (χ2v) is 4.89. The van der Waals surface area contributed by atoms with Crippen molar-refractivity contribution in [1.29, 1.82) is 0 Å². The lowest BCUT2D eigenvalue weighted by molar-refractivity contribution is -0.143. The van der Waals surface area contributed by atoms with Crippen LogP contribution in [0.3, 0.4) is 0 Å². The van der Waals surface area contributed by atoms with Gasteiger partial charge in [-0.2, -0.15) is 0 Å². The molecule has 5 heteroatoms. The van der Waals surface area contributed by atoms with E-state index >= 15 is 0 Å². The molecule has 1 atom stereocenters. The van der Waals surface area contributed by atoms with Gasteiger partial charge in [-0.05, 0) is 45.3 Å². The van der Waals surface area contributed by atoms with E-state index in [1.165, 1.54) is 20.0 Å². The first-order valence-electron chi connectivity index (χ1n) is 6.67. The summed E-state index contributed by atoms with van der Waals surface area (Å²) in [6, 6.07) is -0.188. The molecule has 0 aliphatic carbocycles.